The molecule has 74 valence electrons. The van der Waals surface area contributed by atoms with Crippen molar-refractivity contribution in [1.29, 1.82) is 5.26 Å². The quantitative estimate of drug-likeness (QED) is 0.524. The zero-order chi connectivity index (χ0) is 10.6. The van der Waals surface area contributed by atoms with Crippen LogP contribution in [0.4, 0.5) is 5.82 Å². The van der Waals surface area contributed by atoms with Crippen LogP contribution in [0, 0.1) is 21.4 Å². The van der Waals surface area contributed by atoms with Gasteiger partial charge in [0.25, 0.3) is 0 Å². The minimum Gasteiger partial charge on any atom is -0.358 e. The number of hydrogen-bond donors (Lipinski definition) is 0. The first-order chi connectivity index (χ1) is 6.70. The highest BCUT2D eigenvalue weighted by atomic mass is 16.6. The minimum absolute atomic E-state index is 0.0801. The molecule has 0 bridgehead atoms. The highest BCUT2D eigenvalue weighted by Crippen LogP contribution is 2.13. The van der Waals surface area contributed by atoms with Gasteiger partial charge in [-0.1, -0.05) is 13.3 Å². The Kier molecular flexibility index (Phi) is 3.12. The lowest BCUT2D eigenvalue weighted by molar-refractivity contribution is -0.389. The van der Waals surface area contributed by atoms with E-state index in [1.54, 1.807) is 6.07 Å². The van der Waals surface area contributed by atoms with E-state index in [1.165, 1.54) is 4.68 Å². The molecule has 14 heavy (non-hydrogen) atoms. The van der Waals surface area contributed by atoms with Crippen LogP contribution in [0.15, 0.2) is 0 Å². The molecule has 0 N–H and O–H groups in total. The number of aromatic nitrogens is 3. The van der Waals surface area contributed by atoms with Crippen LogP contribution in [0.2, 0.25) is 0 Å². The number of nitriles is 1. The van der Waals surface area contributed by atoms with Gasteiger partial charge in [0, 0.05) is 6.54 Å². The number of hydrogen-bond acceptors (Lipinski definition) is 5. The molecule has 1 aromatic rings. The first-order valence-electron chi connectivity index (χ1n) is 4.18. The third kappa shape index (κ3) is 1.85. The Hall–Kier alpha value is -1.97. The Bertz CT molecular complexity index is 378. The van der Waals surface area contributed by atoms with Crippen molar-refractivity contribution in [3.05, 3.63) is 15.8 Å². The van der Waals surface area contributed by atoms with E-state index in [-0.39, 0.29) is 5.69 Å². The zero-order valence-corrected chi connectivity index (χ0v) is 7.67. The number of nitrogens with zero attached hydrogens (tertiary/aromatic N) is 5. The maximum Gasteiger partial charge on any atom is 0.428 e. The van der Waals surface area contributed by atoms with Crippen LogP contribution in [-0.4, -0.2) is 19.9 Å². The first-order valence-corrected chi connectivity index (χ1v) is 4.18. The Labute approximate surface area is 80.1 Å². The lowest BCUT2D eigenvalue weighted by Gasteiger charge is -1.96. The minimum atomic E-state index is -0.700. The van der Waals surface area contributed by atoms with Gasteiger partial charge in [0.15, 0.2) is 0 Å². The van der Waals surface area contributed by atoms with Gasteiger partial charge >= 0.3 is 5.82 Å². The van der Waals surface area contributed by atoms with Crippen molar-refractivity contribution >= 4 is 5.82 Å². The maximum absolute atomic E-state index is 10.4. The fourth-order valence-electron chi connectivity index (χ4n) is 0.999. The fourth-order valence-corrected chi connectivity index (χ4v) is 0.999. The third-order valence-corrected chi connectivity index (χ3v) is 1.72. The SMILES string of the molecule is CCCCn1nnc([N+](=O)[O-])c1C#N. The molecular formula is C7H9N5O2. The van der Waals surface area contributed by atoms with E-state index in [2.05, 4.69) is 10.3 Å². The maximum atomic E-state index is 10.4. The summed E-state index contributed by atoms with van der Waals surface area (Å²) in [6, 6.07) is 1.73. The van der Waals surface area contributed by atoms with Gasteiger partial charge in [-0.25, -0.2) is 4.68 Å². The van der Waals surface area contributed by atoms with Gasteiger partial charge in [-0.3, -0.25) is 0 Å². The summed E-state index contributed by atoms with van der Waals surface area (Å²) >= 11 is 0. The highest BCUT2D eigenvalue weighted by molar-refractivity contribution is 5.35. The van der Waals surface area contributed by atoms with Crippen molar-refractivity contribution in [2.75, 3.05) is 0 Å². The van der Waals surface area contributed by atoms with Crippen molar-refractivity contribution < 1.29 is 4.92 Å². The van der Waals surface area contributed by atoms with E-state index >= 15 is 0 Å². The summed E-state index contributed by atoms with van der Waals surface area (Å²) < 4.78 is 1.27. The van der Waals surface area contributed by atoms with Crippen molar-refractivity contribution in [2.45, 2.75) is 26.3 Å². The van der Waals surface area contributed by atoms with Crippen molar-refractivity contribution in [3.63, 3.8) is 0 Å². The smallest absolute Gasteiger partial charge is 0.358 e. The van der Waals surface area contributed by atoms with Crippen molar-refractivity contribution in [1.82, 2.24) is 15.0 Å². The van der Waals surface area contributed by atoms with E-state index in [0.29, 0.717) is 6.54 Å². The van der Waals surface area contributed by atoms with E-state index in [4.69, 9.17) is 5.26 Å². The van der Waals surface area contributed by atoms with Gasteiger partial charge in [-0.15, -0.1) is 0 Å². The van der Waals surface area contributed by atoms with Gasteiger partial charge < -0.3 is 10.1 Å². The topological polar surface area (TPSA) is 97.6 Å². The average molecular weight is 195 g/mol. The average Bonchev–Trinajstić information content (AvgIpc) is 2.57. The predicted octanol–water partition coefficient (Wildman–Crippen LogP) is 0.858. The lowest BCUT2D eigenvalue weighted by Crippen LogP contribution is -2.03. The number of aryl methyl sites for hydroxylation is 1. The van der Waals surface area contributed by atoms with E-state index in [9.17, 15) is 10.1 Å². The fraction of sp³-hybridized carbons (Fsp3) is 0.571. The summed E-state index contributed by atoms with van der Waals surface area (Å²) in [6.07, 6.45) is 1.74. The largest absolute Gasteiger partial charge is 0.428 e. The van der Waals surface area contributed by atoms with Gasteiger partial charge in [0.05, 0.1) is 5.21 Å². The molecule has 0 aliphatic rings. The molecule has 0 aliphatic heterocycles. The summed E-state index contributed by atoms with van der Waals surface area (Å²) in [7, 11) is 0. The normalized spacial score (nSPS) is 9.71. The van der Waals surface area contributed by atoms with E-state index < -0.39 is 10.7 Å². The van der Waals surface area contributed by atoms with Gasteiger partial charge in [-0.2, -0.15) is 5.26 Å². The molecule has 7 heteroatoms. The van der Waals surface area contributed by atoms with Crippen LogP contribution in [0.3, 0.4) is 0 Å². The van der Waals surface area contributed by atoms with Crippen LogP contribution >= 0.6 is 0 Å². The van der Waals surface area contributed by atoms with E-state index in [0.717, 1.165) is 12.8 Å². The molecule has 0 saturated carbocycles. The molecule has 0 fully saturated rings. The van der Waals surface area contributed by atoms with Crippen LogP contribution in [0.5, 0.6) is 0 Å². The lowest BCUT2D eigenvalue weighted by atomic mass is 10.3. The molecule has 1 heterocycles. The third-order valence-electron chi connectivity index (χ3n) is 1.72. The summed E-state index contributed by atoms with van der Waals surface area (Å²) in [5.41, 5.74) is -0.0801. The van der Waals surface area contributed by atoms with E-state index in [1.807, 2.05) is 6.92 Å². The summed E-state index contributed by atoms with van der Waals surface area (Å²) in [5, 5.41) is 26.0. The first kappa shape index (κ1) is 10.1. The molecule has 0 amide bonds. The van der Waals surface area contributed by atoms with Crippen molar-refractivity contribution in [3.8, 4) is 6.07 Å². The Morgan fingerprint density at radius 2 is 2.43 bits per heavy atom. The molecule has 0 aliphatic carbocycles. The second-order valence-corrected chi connectivity index (χ2v) is 2.71. The number of unbranched alkanes of at least 4 members (excludes halogenated alkanes) is 1. The van der Waals surface area contributed by atoms with Gasteiger partial charge in [0.2, 0.25) is 5.69 Å². The van der Waals surface area contributed by atoms with Gasteiger partial charge in [-0.05, 0) is 11.3 Å². The molecule has 0 radical (unpaired) electrons. The van der Waals surface area contributed by atoms with Crippen LogP contribution in [0.25, 0.3) is 0 Å². The number of rotatable bonds is 4. The summed E-state index contributed by atoms with van der Waals surface area (Å²) in [5.74, 6) is -0.469. The molecule has 0 saturated heterocycles. The Morgan fingerprint density at radius 1 is 1.71 bits per heavy atom. The molecule has 0 unspecified atom stereocenters. The molecule has 0 atom stereocenters. The van der Waals surface area contributed by atoms with Gasteiger partial charge in [0.1, 0.15) is 11.2 Å². The van der Waals surface area contributed by atoms with Crippen LogP contribution in [0.1, 0.15) is 25.5 Å². The molecule has 7 nitrogen and oxygen atoms in total. The molecular weight excluding hydrogens is 186 g/mol. The summed E-state index contributed by atoms with van der Waals surface area (Å²) in [6.45, 7) is 2.47. The molecule has 0 aromatic carbocycles. The highest BCUT2D eigenvalue weighted by Gasteiger charge is 2.22. The Morgan fingerprint density at radius 3 is 2.93 bits per heavy atom. The molecule has 1 aromatic heterocycles. The molecule has 0 spiro atoms. The van der Waals surface area contributed by atoms with Crippen LogP contribution in [-0.2, 0) is 6.54 Å². The standard InChI is InChI=1S/C7H9N5O2/c1-2-3-4-11-6(5-8)7(9-10-11)12(13)14/h2-4H2,1H3. The predicted molar refractivity (Wildman–Crippen MR) is 46.3 cm³/mol. The number of nitro groups is 1. The Balaban J connectivity index is 2.97. The second-order valence-electron chi connectivity index (χ2n) is 2.71. The molecule has 1 rings (SSSR count). The zero-order valence-electron chi connectivity index (χ0n) is 7.67. The monoisotopic (exact) mass is 195 g/mol. The van der Waals surface area contributed by atoms with Crippen molar-refractivity contribution in [2.24, 2.45) is 0 Å². The van der Waals surface area contributed by atoms with Crippen LogP contribution < -0.4 is 0 Å². The second kappa shape index (κ2) is 4.32. The summed E-state index contributed by atoms with van der Waals surface area (Å²) in [4.78, 5) is 9.71.